The smallest absolute Gasteiger partial charge is 0.226 e. The van der Waals surface area contributed by atoms with E-state index in [1.807, 2.05) is 4.90 Å². The number of halogens is 1. The molecule has 0 unspecified atom stereocenters. The number of carbonyl (C=O) groups excluding carboxylic acids is 1. The van der Waals surface area contributed by atoms with Gasteiger partial charge >= 0.3 is 0 Å². The molecule has 23 heavy (non-hydrogen) atoms. The second-order valence-corrected chi connectivity index (χ2v) is 5.54. The van der Waals surface area contributed by atoms with Gasteiger partial charge in [0.2, 0.25) is 5.91 Å². The molecule has 0 N–H and O–H groups in total. The van der Waals surface area contributed by atoms with Gasteiger partial charge in [-0.2, -0.15) is 5.10 Å². The van der Waals surface area contributed by atoms with E-state index in [-0.39, 0.29) is 30.7 Å². The van der Waals surface area contributed by atoms with Crippen LogP contribution in [0.15, 0.2) is 36.9 Å². The number of likely N-dealkylation sites (tertiary alicyclic amines) is 1. The van der Waals surface area contributed by atoms with Crippen LogP contribution in [-0.2, 0) is 4.79 Å². The standard InChI is InChI=1S/C16H19FN4O2/c17-14-5-1-2-6-15(14)23-9-7-16(22)20-8-3-4-13(10-20)21-12-18-11-19-21/h1-2,5-6,11-13H,3-4,7-10H2/t13-/m0/s1. The van der Waals surface area contributed by atoms with Crippen molar-refractivity contribution >= 4 is 5.91 Å². The molecule has 1 aromatic carbocycles. The molecule has 1 amide bonds. The third kappa shape index (κ3) is 3.85. The van der Waals surface area contributed by atoms with Crippen molar-refractivity contribution in [2.24, 2.45) is 0 Å². The molecule has 1 aromatic heterocycles. The molecule has 1 saturated heterocycles. The molecule has 1 atom stereocenters. The zero-order valence-electron chi connectivity index (χ0n) is 12.8. The summed E-state index contributed by atoms with van der Waals surface area (Å²) in [6, 6.07) is 6.37. The number of para-hydroxylation sites is 1. The number of piperidine rings is 1. The fraction of sp³-hybridized carbons (Fsp3) is 0.438. The summed E-state index contributed by atoms with van der Waals surface area (Å²) in [5, 5.41) is 4.15. The lowest BCUT2D eigenvalue weighted by molar-refractivity contribution is -0.133. The van der Waals surface area contributed by atoms with Crippen LogP contribution in [0.3, 0.4) is 0 Å². The zero-order valence-corrected chi connectivity index (χ0v) is 12.8. The zero-order chi connectivity index (χ0) is 16.1. The van der Waals surface area contributed by atoms with Crippen LogP contribution in [0.1, 0.15) is 25.3 Å². The fourth-order valence-electron chi connectivity index (χ4n) is 2.77. The maximum atomic E-state index is 13.4. The number of carbonyl (C=O) groups is 1. The molecule has 3 rings (SSSR count). The molecule has 0 radical (unpaired) electrons. The van der Waals surface area contributed by atoms with Crippen LogP contribution in [0.4, 0.5) is 4.39 Å². The lowest BCUT2D eigenvalue weighted by Gasteiger charge is -2.32. The first kappa shape index (κ1) is 15.5. The summed E-state index contributed by atoms with van der Waals surface area (Å²) < 4.78 is 20.6. The van der Waals surface area contributed by atoms with Crippen molar-refractivity contribution in [2.45, 2.75) is 25.3 Å². The molecule has 1 aliphatic rings. The Balaban J connectivity index is 1.49. The summed E-state index contributed by atoms with van der Waals surface area (Å²) in [6.45, 7) is 1.54. The molecule has 0 saturated carbocycles. The van der Waals surface area contributed by atoms with Gasteiger partial charge in [-0.15, -0.1) is 0 Å². The Labute approximate surface area is 133 Å². The van der Waals surface area contributed by atoms with Gasteiger partial charge in [0.1, 0.15) is 12.7 Å². The van der Waals surface area contributed by atoms with Crippen molar-refractivity contribution in [2.75, 3.05) is 19.7 Å². The van der Waals surface area contributed by atoms with Crippen molar-refractivity contribution < 1.29 is 13.9 Å². The molecular weight excluding hydrogens is 299 g/mol. The molecule has 0 bridgehead atoms. The Morgan fingerprint density at radius 1 is 1.39 bits per heavy atom. The number of ether oxygens (including phenoxy) is 1. The van der Waals surface area contributed by atoms with Crippen molar-refractivity contribution in [3.63, 3.8) is 0 Å². The number of rotatable bonds is 5. The van der Waals surface area contributed by atoms with E-state index in [1.54, 1.807) is 29.2 Å². The third-order valence-corrected chi connectivity index (χ3v) is 3.97. The van der Waals surface area contributed by atoms with Gasteiger partial charge in [0.15, 0.2) is 11.6 Å². The molecule has 2 heterocycles. The van der Waals surface area contributed by atoms with E-state index < -0.39 is 5.82 Å². The molecule has 7 heteroatoms. The molecule has 6 nitrogen and oxygen atoms in total. The molecule has 1 aliphatic heterocycles. The predicted molar refractivity (Wildman–Crippen MR) is 81.4 cm³/mol. The minimum atomic E-state index is -0.413. The summed E-state index contributed by atoms with van der Waals surface area (Å²) in [5.41, 5.74) is 0. The average molecular weight is 318 g/mol. The fourth-order valence-corrected chi connectivity index (χ4v) is 2.77. The maximum absolute atomic E-state index is 13.4. The van der Waals surface area contributed by atoms with Gasteiger partial charge in [0.25, 0.3) is 0 Å². The van der Waals surface area contributed by atoms with Crippen molar-refractivity contribution in [3.05, 3.63) is 42.7 Å². The highest BCUT2D eigenvalue weighted by Gasteiger charge is 2.25. The number of nitrogens with zero attached hydrogens (tertiary/aromatic N) is 4. The summed E-state index contributed by atoms with van der Waals surface area (Å²) in [5.74, 6) is -0.213. The van der Waals surface area contributed by atoms with Gasteiger partial charge in [0.05, 0.1) is 19.1 Å². The largest absolute Gasteiger partial charge is 0.490 e. The van der Waals surface area contributed by atoms with E-state index in [1.165, 1.54) is 12.4 Å². The Bertz CT molecular complexity index is 647. The van der Waals surface area contributed by atoms with Crippen LogP contribution in [0.5, 0.6) is 5.75 Å². The summed E-state index contributed by atoms with van der Waals surface area (Å²) in [7, 11) is 0. The van der Waals surface area contributed by atoms with Crippen LogP contribution in [-0.4, -0.2) is 45.3 Å². The van der Waals surface area contributed by atoms with Crippen LogP contribution < -0.4 is 4.74 Å². The van der Waals surface area contributed by atoms with Crippen LogP contribution in [0.2, 0.25) is 0 Å². The monoisotopic (exact) mass is 318 g/mol. The Morgan fingerprint density at radius 2 is 2.26 bits per heavy atom. The van der Waals surface area contributed by atoms with E-state index in [0.717, 1.165) is 19.4 Å². The number of hydrogen-bond donors (Lipinski definition) is 0. The minimum absolute atomic E-state index is 0.0196. The Morgan fingerprint density at radius 3 is 3.04 bits per heavy atom. The number of aromatic nitrogens is 3. The topological polar surface area (TPSA) is 60.2 Å². The number of hydrogen-bond acceptors (Lipinski definition) is 4. The van der Waals surface area contributed by atoms with E-state index in [0.29, 0.717) is 6.54 Å². The molecule has 0 aliphatic carbocycles. The third-order valence-electron chi connectivity index (χ3n) is 3.97. The highest BCUT2D eigenvalue weighted by atomic mass is 19.1. The summed E-state index contributed by atoms with van der Waals surface area (Å²) in [6.07, 6.45) is 5.34. The van der Waals surface area contributed by atoms with E-state index >= 15 is 0 Å². The number of benzene rings is 1. The van der Waals surface area contributed by atoms with Crippen molar-refractivity contribution in [3.8, 4) is 5.75 Å². The van der Waals surface area contributed by atoms with E-state index in [4.69, 9.17) is 4.74 Å². The maximum Gasteiger partial charge on any atom is 0.226 e. The first-order valence-electron chi connectivity index (χ1n) is 7.73. The first-order chi connectivity index (χ1) is 11.2. The Hall–Kier alpha value is -2.44. The van der Waals surface area contributed by atoms with Crippen molar-refractivity contribution in [1.29, 1.82) is 0 Å². The average Bonchev–Trinajstić information content (AvgIpc) is 3.11. The predicted octanol–water partition coefficient (Wildman–Crippen LogP) is 2.05. The highest BCUT2D eigenvalue weighted by molar-refractivity contribution is 5.76. The highest BCUT2D eigenvalue weighted by Crippen LogP contribution is 2.21. The normalized spacial score (nSPS) is 18.0. The van der Waals surface area contributed by atoms with Gasteiger partial charge in [-0.25, -0.2) is 14.1 Å². The molecule has 0 spiro atoms. The lowest BCUT2D eigenvalue weighted by Crippen LogP contribution is -2.41. The summed E-state index contributed by atoms with van der Waals surface area (Å²) >= 11 is 0. The van der Waals surface area contributed by atoms with E-state index in [2.05, 4.69) is 10.1 Å². The lowest BCUT2D eigenvalue weighted by atomic mass is 10.1. The van der Waals surface area contributed by atoms with Gasteiger partial charge in [0, 0.05) is 13.1 Å². The van der Waals surface area contributed by atoms with E-state index in [9.17, 15) is 9.18 Å². The van der Waals surface area contributed by atoms with Crippen LogP contribution >= 0.6 is 0 Å². The van der Waals surface area contributed by atoms with Crippen LogP contribution in [0.25, 0.3) is 0 Å². The molecule has 122 valence electrons. The second-order valence-electron chi connectivity index (χ2n) is 5.54. The molecule has 2 aromatic rings. The van der Waals surface area contributed by atoms with Gasteiger partial charge in [-0.3, -0.25) is 4.79 Å². The molecule has 1 fully saturated rings. The quantitative estimate of drug-likeness (QED) is 0.846. The Kier molecular flexibility index (Phi) is 4.85. The SMILES string of the molecule is O=C(CCOc1ccccc1F)N1CCC[C@H](n2cncn2)C1. The second kappa shape index (κ2) is 7.21. The van der Waals surface area contributed by atoms with Gasteiger partial charge < -0.3 is 9.64 Å². The van der Waals surface area contributed by atoms with Crippen LogP contribution in [0, 0.1) is 5.82 Å². The van der Waals surface area contributed by atoms with Gasteiger partial charge in [-0.05, 0) is 25.0 Å². The van der Waals surface area contributed by atoms with Crippen molar-refractivity contribution in [1.82, 2.24) is 19.7 Å². The minimum Gasteiger partial charge on any atom is -0.490 e. The molecular formula is C16H19FN4O2. The summed E-state index contributed by atoms with van der Waals surface area (Å²) in [4.78, 5) is 18.1. The first-order valence-corrected chi connectivity index (χ1v) is 7.73. The number of amides is 1. The van der Waals surface area contributed by atoms with Gasteiger partial charge in [-0.1, -0.05) is 12.1 Å².